The molecule has 0 rings (SSSR count). The number of β-amino-alcohol motifs (C(OH)–C–C–N with tert-alkyl or cyclic N) is 2. The molecule has 0 unspecified atom stereocenters. The van der Waals surface area contributed by atoms with Gasteiger partial charge in [-0.15, -0.1) is 0 Å². The van der Waals surface area contributed by atoms with Gasteiger partial charge in [0.15, 0.2) is 0 Å². The fourth-order valence-corrected chi connectivity index (χ4v) is 3.07. The van der Waals surface area contributed by atoms with Crippen LogP contribution in [0.15, 0.2) is 0 Å². The zero-order valence-corrected chi connectivity index (χ0v) is 11.9. The third kappa shape index (κ3) is 5.36. The first-order valence-electron chi connectivity index (χ1n) is 7.17. The highest BCUT2D eigenvalue weighted by Gasteiger charge is 2.33. The molecule has 104 valence electrons. The first-order chi connectivity index (χ1) is 8.20. The SMILES string of the molecule is CCCC(CCC)(CCC)N(CCO)CCO. The van der Waals surface area contributed by atoms with Gasteiger partial charge in [0.2, 0.25) is 0 Å². The maximum Gasteiger partial charge on any atom is 0.0558 e. The molecule has 0 radical (unpaired) electrons. The summed E-state index contributed by atoms with van der Waals surface area (Å²) in [4.78, 5) is 2.31. The monoisotopic (exact) mass is 245 g/mol. The van der Waals surface area contributed by atoms with Crippen molar-refractivity contribution in [2.24, 2.45) is 0 Å². The average Bonchev–Trinajstić information content (AvgIpc) is 2.29. The average molecular weight is 245 g/mol. The van der Waals surface area contributed by atoms with E-state index in [4.69, 9.17) is 0 Å². The highest BCUT2D eigenvalue weighted by Crippen LogP contribution is 2.32. The highest BCUT2D eigenvalue weighted by atomic mass is 16.3. The van der Waals surface area contributed by atoms with Crippen molar-refractivity contribution in [1.82, 2.24) is 4.90 Å². The number of hydrogen-bond acceptors (Lipinski definition) is 3. The first-order valence-corrected chi connectivity index (χ1v) is 7.17. The van der Waals surface area contributed by atoms with Crippen LogP contribution in [0.25, 0.3) is 0 Å². The van der Waals surface area contributed by atoms with Crippen molar-refractivity contribution in [2.75, 3.05) is 26.3 Å². The van der Waals surface area contributed by atoms with Crippen molar-refractivity contribution >= 4 is 0 Å². The summed E-state index contributed by atoms with van der Waals surface area (Å²) in [5.41, 5.74) is 0.184. The van der Waals surface area contributed by atoms with E-state index in [0.717, 1.165) is 38.5 Å². The Labute approximate surface area is 107 Å². The van der Waals surface area contributed by atoms with Gasteiger partial charge >= 0.3 is 0 Å². The topological polar surface area (TPSA) is 43.7 Å². The molecule has 0 fully saturated rings. The van der Waals surface area contributed by atoms with Crippen molar-refractivity contribution < 1.29 is 10.2 Å². The lowest BCUT2D eigenvalue weighted by Gasteiger charge is -2.44. The summed E-state index contributed by atoms with van der Waals surface area (Å²) < 4.78 is 0. The van der Waals surface area contributed by atoms with Crippen LogP contribution in [-0.4, -0.2) is 47.0 Å². The van der Waals surface area contributed by atoms with E-state index < -0.39 is 0 Å². The van der Waals surface area contributed by atoms with E-state index in [9.17, 15) is 10.2 Å². The minimum atomic E-state index is 0.179. The normalized spacial score (nSPS) is 12.4. The van der Waals surface area contributed by atoms with Gasteiger partial charge in [-0.25, -0.2) is 0 Å². The number of aliphatic hydroxyl groups excluding tert-OH is 2. The molecule has 0 aliphatic rings. The van der Waals surface area contributed by atoms with Crippen LogP contribution >= 0.6 is 0 Å². The largest absolute Gasteiger partial charge is 0.395 e. The molecule has 0 saturated carbocycles. The molecule has 17 heavy (non-hydrogen) atoms. The molecule has 0 aromatic carbocycles. The Kier molecular flexibility index (Phi) is 9.79. The van der Waals surface area contributed by atoms with Crippen LogP contribution in [0.1, 0.15) is 59.3 Å². The highest BCUT2D eigenvalue weighted by molar-refractivity contribution is 4.89. The molecule has 0 atom stereocenters. The van der Waals surface area contributed by atoms with Crippen LogP contribution in [0.2, 0.25) is 0 Å². The molecular weight excluding hydrogens is 214 g/mol. The van der Waals surface area contributed by atoms with Crippen molar-refractivity contribution in [2.45, 2.75) is 64.8 Å². The number of aliphatic hydroxyl groups is 2. The zero-order valence-electron chi connectivity index (χ0n) is 11.9. The Morgan fingerprint density at radius 2 is 1.12 bits per heavy atom. The molecule has 2 N–H and O–H groups in total. The summed E-state index contributed by atoms with van der Waals surface area (Å²) in [7, 11) is 0. The molecule has 3 heteroatoms. The van der Waals surface area contributed by atoms with Gasteiger partial charge in [-0.1, -0.05) is 40.0 Å². The Morgan fingerprint density at radius 3 is 1.35 bits per heavy atom. The van der Waals surface area contributed by atoms with E-state index in [1.54, 1.807) is 0 Å². The molecule has 0 aromatic rings. The lowest BCUT2D eigenvalue weighted by atomic mass is 9.82. The summed E-state index contributed by atoms with van der Waals surface area (Å²) in [6.45, 7) is 8.38. The smallest absolute Gasteiger partial charge is 0.0558 e. The van der Waals surface area contributed by atoms with Crippen molar-refractivity contribution in [1.29, 1.82) is 0 Å². The second-order valence-corrected chi connectivity index (χ2v) is 4.91. The van der Waals surface area contributed by atoms with Crippen molar-refractivity contribution in [3.05, 3.63) is 0 Å². The van der Waals surface area contributed by atoms with Crippen molar-refractivity contribution in [3.8, 4) is 0 Å². The van der Waals surface area contributed by atoms with E-state index in [0.29, 0.717) is 13.1 Å². The molecule has 3 nitrogen and oxygen atoms in total. The molecule has 0 amide bonds. The summed E-state index contributed by atoms with van der Waals surface area (Å²) in [5, 5.41) is 18.4. The van der Waals surface area contributed by atoms with E-state index in [1.807, 2.05) is 0 Å². The van der Waals surface area contributed by atoms with Crippen LogP contribution in [0.3, 0.4) is 0 Å². The number of nitrogens with zero attached hydrogens (tertiary/aromatic N) is 1. The molecule has 0 spiro atoms. The van der Waals surface area contributed by atoms with E-state index in [-0.39, 0.29) is 18.8 Å². The fraction of sp³-hybridized carbons (Fsp3) is 1.00. The van der Waals surface area contributed by atoms with Gasteiger partial charge in [0.1, 0.15) is 0 Å². The predicted octanol–water partition coefficient (Wildman–Crippen LogP) is 2.41. The predicted molar refractivity (Wildman–Crippen MR) is 73.2 cm³/mol. The van der Waals surface area contributed by atoms with Crippen LogP contribution in [0, 0.1) is 0 Å². The lowest BCUT2D eigenvalue weighted by molar-refractivity contribution is 0.0284. The minimum Gasteiger partial charge on any atom is -0.395 e. The molecule has 0 aliphatic carbocycles. The number of rotatable bonds is 11. The molecule has 0 saturated heterocycles. The maximum absolute atomic E-state index is 9.21. The lowest BCUT2D eigenvalue weighted by Crippen LogP contribution is -2.51. The van der Waals surface area contributed by atoms with Gasteiger partial charge in [-0.2, -0.15) is 0 Å². The van der Waals surface area contributed by atoms with E-state index in [1.165, 1.54) is 0 Å². The molecular formula is C14H31NO2. The first kappa shape index (κ1) is 16.9. The summed E-state index contributed by atoms with van der Waals surface area (Å²) in [5.74, 6) is 0. The summed E-state index contributed by atoms with van der Waals surface area (Å²) in [6.07, 6.45) is 6.96. The molecule has 0 aliphatic heterocycles. The van der Waals surface area contributed by atoms with Gasteiger partial charge in [-0.3, -0.25) is 4.90 Å². The van der Waals surface area contributed by atoms with E-state index >= 15 is 0 Å². The van der Waals surface area contributed by atoms with Gasteiger partial charge < -0.3 is 10.2 Å². The fourth-order valence-electron chi connectivity index (χ4n) is 3.07. The molecule has 0 aromatic heterocycles. The molecule has 0 bridgehead atoms. The van der Waals surface area contributed by atoms with Crippen LogP contribution in [0.4, 0.5) is 0 Å². The van der Waals surface area contributed by atoms with Gasteiger partial charge in [-0.05, 0) is 19.3 Å². The summed E-state index contributed by atoms with van der Waals surface area (Å²) in [6, 6.07) is 0. The Bertz CT molecular complexity index is 151. The second-order valence-electron chi connectivity index (χ2n) is 4.91. The molecule has 0 heterocycles. The number of hydrogen-bond donors (Lipinski definition) is 2. The Hall–Kier alpha value is -0.120. The second kappa shape index (κ2) is 9.86. The third-order valence-electron chi connectivity index (χ3n) is 3.56. The van der Waals surface area contributed by atoms with Crippen LogP contribution in [0.5, 0.6) is 0 Å². The standard InChI is InChI=1S/C14H31NO2/c1-4-7-14(8-5-2,9-6-3)15(10-12-16)11-13-17/h16-17H,4-13H2,1-3H3. The minimum absolute atomic E-state index is 0.179. The summed E-state index contributed by atoms with van der Waals surface area (Å²) >= 11 is 0. The van der Waals surface area contributed by atoms with Crippen LogP contribution in [-0.2, 0) is 0 Å². The van der Waals surface area contributed by atoms with Gasteiger partial charge in [0.25, 0.3) is 0 Å². The Morgan fingerprint density at radius 1 is 0.765 bits per heavy atom. The van der Waals surface area contributed by atoms with E-state index in [2.05, 4.69) is 25.7 Å². The van der Waals surface area contributed by atoms with Gasteiger partial charge in [0.05, 0.1) is 13.2 Å². The van der Waals surface area contributed by atoms with Gasteiger partial charge in [0, 0.05) is 18.6 Å². The third-order valence-corrected chi connectivity index (χ3v) is 3.56. The van der Waals surface area contributed by atoms with Crippen LogP contribution < -0.4 is 0 Å². The van der Waals surface area contributed by atoms with Crippen molar-refractivity contribution in [3.63, 3.8) is 0 Å². The quantitative estimate of drug-likeness (QED) is 0.587. The Balaban J connectivity index is 4.87. The zero-order chi connectivity index (χ0) is 13.1. The maximum atomic E-state index is 9.21.